The molecular formula is C22H25N3O. The standard InChI is InChI=1S/C22H25N3O/c1-24(19-10-6-3-7-11-19)22(26)18-12-13-21-20(14-18)23-16-25(21)15-17-8-4-2-5-9-17/h2,4-5,8-9,12-14,16,19H,3,6-7,10-11,15H2,1H3. The summed E-state index contributed by atoms with van der Waals surface area (Å²) in [4.78, 5) is 19.3. The van der Waals surface area contributed by atoms with Crippen LogP contribution in [-0.4, -0.2) is 33.4 Å². The largest absolute Gasteiger partial charge is 0.339 e. The summed E-state index contributed by atoms with van der Waals surface area (Å²) < 4.78 is 2.13. The van der Waals surface area contributed by atoms with Crippen molar-refractivity contribution in [2.45, 2.75) is 44.7 Å². The number of hydrogen-bond donors (Lipinski definition) is 0. The molecule has 0 bridgehead atoms. The Balaban J connectivity index is 1.55. The van der Waals surface area contributed by atoms with E-state index in [1.807, 2.05) is 54.7 Å². The summed E-state index contributed by atoms with van der Waals surface area (Å²) >= 11 is 0. The van der Waals surface area contributed by atoms with Gasteiger partial charge >= 0.3 is 0 Å². The Morgan fingerprint density at radius 2 is 1.88 bits per heavy atom. The van der Waals surface area contributed by atoms with Gasteiger partial charge in [0.25, 0.3) is 5.91 Å². The quantitative estimate of drug-likeness (QED) is 0.697. The number of carbonyl (C=O) groups is 1. The van der Waals surface area contributed by atoms with Crippen LogP contribution < -0.4 is 0 Å². The van der Waals surface area contributed by atoms with E-state index in [9.17, 15) is 4.79 Å². The van der Waals surface area contributed by atoms with Crippen molar-refractivity contribution in [3.8, 4) is 0 Å². The minimum atomic E-state index is 0.108. The van der Waals surface area contributed by atoms with Gasteiger partial charge in [-0.25, -0.2) is 4.98 Å². The summed E-state index contributed by atoms with van der Waals surface area (Å²) in [5.41, 5.74) is 3.91. The molecule has 1 saturated carbocycles. The molecule has 1 aromatic heterocycles. The first-order chi connectivity index (χ1) is 12.7. The molecule has 0 atom stereocenters. The normalized spacial score (nSPS) is 15.3. The molecule has 0 aliphatic heterocycles. The van der Waals surface area contributed by atoms with Gasteiger partial charge in [-0.2, -0.15) is 0 Å². The highest BCUT2D eigenvalue weighted by atomic mass is 16.2. The molecule has 1 amide bonds. The number of carbonyl (C=O) groups excluding carboxylic acids is 1. The van der Waals surface area contributed by atoms with Crippen molar-refractivity contribution in [1.29, 1.82) is 0 Å². The molecule has 0 saturated heterocycles. The average molecular weight is 347 g/mol. The van der Waals surface area contributed by atoms with E-state index in [0.717, 1.165) is 36.0 Å². The van der Waals surface area contributed by atoms with E-state index >= 15 is 0 Å². The molecule has 3 aromatic rings. The van der Waals surface area contributed by atoms with E-state index in [4.69, 9.17) is 0 Å². The minimum absolute atomic E-state index is 0.108. The van der Waals surface area contributed by atoms with Crippen LogP contribution in [0.25, 0.3) is 11.0 Å². The average Bonchev–Trinajstić information content (AvgIpc) is 3.10. The van der Waals surface area contributed by atoms with Gasteiger partial charge in [0.1, 0.15) is 0 Å². The fourth-order valence-electron chi connectivity index (χ4n) is 3.94. The van der Waals surface area contributed by atoms with E-state index in [1.54, 1.807) is 0 Å². The summed E-state index contributed by atoms with van der Waals surface area (Å²) in [6, 6.07) is 16.6. The predicted molar refractivity (Wildman–Crippen MR) is 104 cm³/mol. The lowest BCUT2D eigenvalue weighted by atomic mass is 9.94. The second-order valence-electron chi connectivity index (χ2n) is 7.27. The van der Waals surface area contributed by atoms with Crippen LogP contribution >= 0.6 is 0 Å². The van der Waals surface area contributed by atoms with E-state index in [-0.39, 0.29) is 5.91 Å². The fourth-order valence-corrected chi connectivity index (χ4v) is 3.94. The van der Waals surface area contributed by atoms with Crippen molar-refractivity contribution in [1.82, 2.24) is 14.5 Å². The molecule has 1 aliphatic carbocycles. The number of amides is 1. The Morgan fingerprint density at radius 3 is 2.65 bits per heavy atom. The third kappa shape index (κ3) is 3.36. The third-order valence-electron chi connectivity index (χ3n) is 5.51. The molecule has 1 heterocycles. The van der Waals surface area contributed by atoms with Gasteiger partial charge in [0, 0.05) is 25.2 Å². The van der Waals surface area contributed by atoms with E-state index < -0.39 is 0 Å². The first-order valence-corrected chi connectivity index (χ1v) is 9.48. The van der Waals surface area contributed by atoms with Gasteiger partial charge in [0.2, 0.25) is 0 Å². The van der Waals surface area contributed by atoms with Gasteiger partial charge in [-0.15, -0.1) is 0 Å². The van der Waals surface area contributed by atoms with Crippen LogP contribution in [0.1, 0.15) is 48.0 Å². The lowest BCUT2D eigenvalue weighted by Gasteiger charge is -2.31. The first kappa shape index (κ1) is 16.8. The molecule has 2 aromatic carbocycles. The van der Waals surface area contributed by atoms with Gasteiger partial charge in [-0.3, -0.25) is 4.79 Å². The fraction of sp³-hybridized carbons (Fsp3) is 0.364. The number of nitrogens with zero attached hydrogens (tertiary/aromatic N) is 3. The van der Waals surface area contributed by atoms with Crippen molar-refractivity contribution in [2.24, 2.45) is 0 Å². The van der Waals surface area contributed by atoms with Crippen LogP contribution in [0.2, 0.25) is 0 Å². The Kier molecular flexibility index (Phi) is 4.74. The summed E-state index contributed by atoms with van der Waals surface area (Å²) in [6.07, 6.45) is 7.85. The van der Waals surface area contributed by atoms with Gasteiger partial charge in [0.05, 0.1) is 17.4 Å². The maximum Gasteiger partial charge on any atom is 0.253 e. The number of rotatable bonds is 4. The zero-order chi connectivity index (χ0) is 17.9. The van der Waals surface area contributed by atoms with Gasteiger partial charge < -0.3 is 9.47 Å². The maximum absolute atomic E-state index is 12.9. The number of imidazole rings is 1. The molecule has 0 spiro atoms. The molecule has 0 N–H and O–H groups in total. The summed E-state index contributed by atoms with van der Waals surface area (Å²) in [5.74, 6) is 0.108. The molecule has 134 valence electrons. The van der Waals surface area contributed by atoms with Crippen LogP contribution in [0.4, 0.5) is 0 Å². The molecule has 4 heteroatoms. The van der Waals surface area contributed by atoms with E-state index in [2.05, 4.69) is 21.7 Å². The molecule has 1 aliphatic rings. The zero-order valence-corrected chi connectivity index (χ0v) is 15.3. The van der Waals surface area contributed by atoms with Crippen LogP contribution in [0.5, 0.6) is 0 Å². The molecule has 1 fully saturated rings. The smallest absolute Gasteiger partial charge is 0.253 e. The maximum atomic E-state index is 12.9. The van der Waals surface area contributed by atoms with Crippen molar-refractivity contribution in [3.63, 3.8) is 0 Å². The van der Waals surface area contributed by atoms with Crippen molar-refractivity contribution < 1.29 is 4.79 Å². The van der Waals surface area contributed by atoms with Crippen LogP contribution in [0.3, 0.4) is 0 Å². The van der Waals surface area contributed by atoms with Crippen LogP contribution in [0, 0.1) is 0 Å². The molecule has 4 nitrogen and oxygen atoms in total. The summed E-state index contributed by atoms with van der Waals surface area (Å²) in [5, 5.41) is 0. The van der Waals surface area contributed by atoms with Crippen molar-refractivity contribution in [2.75, 3.05) is 7.05 Å². The van der Waals surface area contributed by atoms with E-state index in [1.165, 1.54) is 24.8 Å². The lowest BCUT2D eigenvalue weighted by Crippen LogP contribution is -2.38. The monoisotopic (exact) mass is 347 g/mol. The Morgan fingerprint density at radius 1 is 1.12 bits per heavy atom. The minimum Gasteiger partial charge on any atom is -0.339 e. The molecule has 0 radical (unpaired) electrons. The summed E-state index contributed by atoms with van der Waals surface area (Å²) in [6.45, 7) is 0.784. The number of aromatic nitrogens is 2. The lowest BCUT2D eigenvalue weighted by molar-refractivity contribution is 0.0696. The van der Waals surface area contributed by atoms with Crippen LogP contribution in [0.15, 0.2) is 54.9 Å². The highest BCUT2D eigenvalue weighted by Gasteiger charge is 2.23. The van der Waals surface area contributed by atoms with Crippen LogP contribution in [-0.2, 0) is 6.54 Å². The molecule has 26 heavy (non-hydrogen) atoms. The summed E-state index contributed by atoms with van der Waals surface area (Å²) in [7, 11) is 1.94. The highest BCUT2D eigenvalue weighted by Crippen LogP contribution is 2.24. The predicted octanol–water partition coefficient (Wildman–Crippen LogP) is 4.49. The SMILES string of the molecule is CN(C(=O)c1ccc2c(c1)ncn2Cc1ccccc1)C1CCCCC1. The Bertz CT molecular complexity index is 894. The number of fused-ring (bicyclic) bond motifs is 1. The number of hydrogen-bond acceptors (Lipinski definition) is 2. The Labute approximate surface area is 154 Å². The highest BCUT2D eigenvalue weighted by molar-refractivity contribution is 5.97. The van der Waals surface area contributed by atoms with E-state index in [0.29, 0.717) is 6.04 Å². The molecular weight excluding hydrogens is 322 g/mol. The number of benzene rings is 2. The first-order valence-electron chi connectivity index (χ1n) is 9.48. The topological polar surface area (TPSA) is 38.1 Å². The molecule has 0 unspecified atom stereocenters. The van der Waals surface area contributed by atoms with Gasteiger partial charge in [-0.05, 0) is 36.6 Å². The third-order valence-corrected chi connectivity index (χ3v) is 5.51. The second kappa shape index (κ2) is 7.32. The van der Waals surface area contributed by atoms with Crippen molar-refractivity contribution in [3.05, 3.63) is 66.0 Å². The second-order valence-corrected chi connectivity index (χ2v) is 7.27. The van der Waals surface area contributed by atoms with Crippen molar-refractivity contribution >= 4 is 16.9 Å². The molecule has 4 rings (SSSR count). The Hall–Kier alpha value is -2.62. The van der Waals surface area contributed by atoms with Gasteiger partial charge in [0.15, 0.2) is 0 Å². The van der Waals surface area contributed by atoms with Gasteiger partial charge in [-0.1, -0.05) is 49.6 Å². The zero-order valence-electron chi connectivity index (χ0n) is 15.3.